The fourth-order valence-electron chi connectivity index (χ4n) is 1.94. The normalized spacial score (nSPS) is 15.8. The van der Waals surface area contributed by atoms with Crippen molar-refractivity contribution < 1.29 is 0 Å². The van der Waals surface area contributed by atoms with Gasteiger partial charge in [0.25, 0.3) is 0 Å². The molecular formula is C13H16N2S. The summed E-state index contributed by atoms with van der Waals surface area (Å²) in [7, 11) is 0. The van der Waals surface area contributed by atoms with Crippen LogP contribution >= 0.6 is 11.3 Å². The lowest BCUT2D eigenvalue weighted by Gasteiger charge is -2.03. The first-order chi connectivity index (χ1) is 7.81. The van der Waals surface area contributed by atoms with Gasteiger partial charge in [0.15, 0.2) is 0 Å². The van der Waals surface area contributed by atoms with Gasteiger partial charge in [-0.2, -0.15) is 0 Å². The average molecular weight is 232 g/mol. The van der Waals surface area contributed by atoms with E-state index in [1.54, 1.807) is 11.3 Å². The van der Waals surface area contributed by atoms with Gasteiger partial charge in [-0.25, -0.2) is 4.98 Å². The van der Waals surface area contributed by atoms with E-state index in [4.69, 9.17) is 0 Å². The highest BCUT2D eigenvalue weighted by Crippen LogP contribution is 2.27. The summed E-state index contributed by atoms with van der Waals surface area (Å²) in [5.41, 5.74) is 2.50. The van der Waals surface area contributed by atoms with Gasteiger partial charge in [0, 0.05) is 6.54 Å². The number of nitrogens with zero attached hydrogens (tertiary/aromatic N) is 1. The molecule has 0 spiro atoms. The maximum absolute atomic E-state index is 4.47. The van der Waals surface area contributed by atoms with Crippen LogP contribution in [0.1, 0.15) is 23.4 Å². The highest BCUT2D eigenvalue weighted by Gasteiger charge is 2.20. The topological polar surface area (TPSA) is 24.9 Å². The molecule has 1 aromatic carbocycles. The number of fused-ring (bicyclic) bond motifs is 1. The number of aryl methyl sites for hydroxylation is 1. The lowest BCUT2D eigenvalue weighted by Crippen LogP contribution is -2.15. The Kier molecular flexibility index (Phi) is 2.65. The van der Waals surface area contributed by atoms with Gasteiger partial charge in [-0.3, -0.25) is 0 Å². The van der Waals surface area contributed by atoms with Crippen molar-refractivity contribution in [2.24, 2.45) is 5.92 Å². The lowest BCUT2D eigenvalue weighted by atomic mass is 10.2. The molecule has 0 atom stereocenters. The van der Waals surface area contributed by atoms with E-state index in [0.29, 0.717) is 0 Å². The van der Waals surface area contributed by atoms with E-state index in [9.17, 15) is 0 Å². The van der Waals surface area contributed by atoms with Crippen molar-refractivity contribution in [1.29, 1.82) is 0 Å². The van der Waals surface area contributed by atoms with Crippen molar-refractivity contribution in [2.75, 3.05) is 6.54 Å². The van der Waals surface area contributed by atoms with Crippen LogP contribution in [0.2, 0.25) is 0 Å². The van der Waals surface area contributed by atoms with Crippen molar-refractivity contribution in [3.8, 4) is 0 Å². The Morgan fingerprint density at radius 1 is 1.44 bits per heavy atom. The number of nitrogens with one attached hydrogen (secondary N) is 1. The zero-order chi connectivity index (χ0) is 11.0. The van der Waals surface area contributed by atoms with E-state index >= 15 is 0 Å². The third kappa shape index (κ3) is 2.25. The van der Waals surface area contributed by atoms with Crippen LogP contribution in [-0.4, -0.2) is 11.5 Å². The third-order valence-corrected chi connectivity index (χ3v) is 3.95. The molecule has 2 aromatic rings. The second-order valence-corrected chi connectivity index (χ2v) is 5.84. The van der Waals surface area contributed by atoms with Gasteiger partial charge in [0.05, 0.1) is 15.2 Å². The fraction of sp³-hybridized carbons (Fsp3) is 0.462. The van der Waals surface area contributed by atoms with Crippen LogP contribution in [-0.2, 0) is 6.54 Å². The van der Waals surface area contributed by atoms with Crippen molar-refractivity contribution in [2.45, 2.75) is 26.3 Å². The van der Waals surface area contributed by atoms with Crippen molar-refractivity contribution in [3.05, 3.63) is 28.8 Å². The molecule has 1 fully saturated rings. The first-order valence-electron chi connectivity index (χ1n) is 5.88. The molecule has 3 rings (SSSR count). The number of rotatable bonds is 4. The molecule has 0 bridgehead atoms. The number of aromatic nitrogens is 1. The van der Waals surface area contributed by atoms with E-state index in [1.165, 1.54) is 29.6 Å². The number of hydrogen-bond acceptors (Lipinski definition) is 3. The Labute approximate surface area is 99.7 Å². The number of benzene rings is 1. The zero-order valence-corrected chi connectivity index (χ0v) is 10.3. The number of hydrogen-bond donors (Lipinski definition) is 1. The molecule has 0 saturated heterocycles. The molecule has 0 radical (unpaired) electrons. The van der Waals surface area contributed by atoms with Gasteiger partial charge in [-0.1, -0.05) is 6.07 Å². The molecule has 1 aliphatic rings. The smallest absolute Gasteiger partial charge is 0.0907 e. The molecule has 0 aliphatic heterocycles. The van der Waals surface area contributed by atoms with Gasteiger partial charge in [0.1, 0.15) is 0 Å². The second kappa shape index (κ2) is 4.15. The van der Waals surface area contributed by atoms with E-state index in [1.807, 2.05) is 0 Å². The molecular weight excluding hydrogens is 216 g/mol. The fourth-order valence-corrected chi connectivity index (χ4v) is 2.83. The molecule has 0 amide bonds. The Hall–Kier alpha value is -0.930. The van der Waals surface area contributed by atoms with E-state index < -0.39 is 0 Å². The maximum Gasteiger partial charge on any atom is 0.0907 e. The molecule has 0 unspecified atom stereocenters. The van der Waals surface area contributed by atoms with Gasteiger partial charge in [0.2, 0.25) is 0 Å². The van der Waals surface area contributed by atoms with E-state index in [-0.39, 0.29) is 0 Å². The third-order valence-electron chi connectivity index (χ3n) is 3.02. The average Bonchev–Trinajstić information content (AvgIpc) is 2.99. The molecule has 1 saturated carbocycles. The monoisotopic (exact) mass is 232 g/mol. The molecule has 84 valence electrons. The van der Waals surface area contributed by atoms with Crippen molar-refractivity contribution in [1.82, 2.24) is 10.3 Å². The van der Waals surface area contributed by atoms with Crippen LogP contribution in [0.3, 0.4) is 0 Å². The van der Waals surface area contributed by atoms with Crippen molar-refractivity contribution in [3.63, 3.8) is 0 Å². The SMILES string of the molecule is Cc1nc2ccc(CNCC3CC3)cc2s1. The molecule has 1 heterocycles. The predicted molar refractivity (Wildman–Crippen MR) is 68.8 cm³/mol. The summed E-state index contributed by atoms with van der Waals surface area (Å²) in [4.78, 5) is 4.47. The molecule has 1 aliphatic carbocycles. The van der Waals surface area contributed by atoms with Crippen LogP contribution in [0, 0.1) is 12.8 Å². The predicted octanol–water partition coefficient (Wildman–Crippen LogP) is 3.10. The summed E-state index contributed by atoms with van der Waals surface area (Å²) >= 11 is 1.78. The Balaban J connectivity index is 1.70. The van der Waals surface area contributed by atoms with Crippen LogP contribution in [0.15, 0.2) is 18.2 Å². The summed E-state index contributed by atoms with van der Waals surface area (Å²) in [6, 6.07) is 6.58. The van der Waals surface area contributed by atoms with Crippen LogP contribution in [0.25, 0.3) is 10.2 Å². The summed E-state index contributed by atoms with van der Waals surface area (Å²) < 4.78 is 1.31. The molecule has 16 heavy (non-hydrogen) atoms. The molecule has 2 nitrogen and oxygen atoms in total. The molecule has 1 aromatic heterocycles. The first-order valence-corrected chi connectivity index (χ1v) is 6.70. The Morgan fingerprint density at radius 2 is 2.31 bits per heavy atom. The summed E-state index contributed by atoms with van der Waals surface area (Å²) in [6.07, 6.45) is 2.83. The van der Waals surface area contributed by atoms with Crippen molar-refractivity contribution >= 4 is 21.6 Å². The highest BCUT2D eigenvalue weighted by molar-refractivity contribution is 7.18. The number of thiazole rings is 1. The first kappa shape index (κ1) is 10.2. The summed E-state index contributed by atoms with van der Waals surface area (Å²) in [5.74, 6) is 0.953. The summed E-state index contributed by atoms with van der Waals surface area (Å²) in [6.45, 7) is 4.23. The van der Waals surface area contributed by atoms with Gasteiger partial charge >= 0.3 is 0 Å². The van der Waals surface area contributed by atoms with E-state index in [0.717, 1.165) is 23.0 Å². The minimum Gasteiger partial charge on any atom is -0.312 e. The van der Waals surface area contributed by atoms with Gasteiger partial charge in [-0.05, 0) is 49.9 Å². The quantitative estimate of drug-likeness (QED) is 0.876. The minimum atomic E-state index is 0.953. The van der Waals surface area contributed by atoms with Gasteiger partial charge < -0.3 is 5.32 Å². The Morgan fingerprint density at radius 3 is 3.12 bits per heavy atom. The second-order valence-electron chi connectivity index (χ2n) is 4.61. The van der Waals surface area contributed by atoms with Gasteiger partial charge in [-0.15, -0.1) is 11.3 Å². The molecule has 3 heteroatoms. The van der Waals surface area contributed by atoms with Crippen LogP contribution in [0.5, 0.6) is 0 Å². The standard InChI is InChI=1S/C13H16N2S/c1-9-15-12-5-4-11(6-13(12)16-9)8-14-7-10-2-3-10/h4-6,10,14H,2-3,7-8H2,1H3. The summed E-state index contributed by atoms with van der Waals surface area (Å²) in [5, 5.41) is 4.67. The zero-order valence-electron chi connectivity index (χ0n) is 9.49. The maximum atomic E-state index is 4.47. The largest absolute Gasteiger partial charge is 0.312 e. The highest BCUT2D eigenvalue weighted by atomic mass is 32.1. The Bertz CT molecular complexity index is 500. The lowest BCUT2D eigenvalue weighted by molar-refractivity contribution is 0.639. The molecule has 1 N–H and O–H groups in total. The van der Waals surface area contributed by atoms with Crippen LogP contribution in [0.4, 0.5) is 0 Å². The van der Waals surface area contributed by atoms with Crippen LogP contribution < -0.4 is 5.32 Å². The minimum absolute atomic E-state index is 0.953. The van der Waals surface area contributed by atoms with E-state index in [2.05, 4.69) is 35.4 Å².